The summed E-state index contributed by atoms with van der Waals surface area (Å²) in [6, 6.07) is 16.2. The van der Waals surface area contributed by atoms with Crippen LogP contribution in [0.1, 0.15) is 5.56 Å². The van der Waals surface area contributed by atoms with E-state index in [4.69, 9.17) is 11.6 Å². The van der Waals surface area contributed by atoms with Gasteiger partial charge in [-0.25, -0.2) is 0 Å². The van der Waals surface area contributed by atoms with Gasteiger partial charge in [-0.1, -0.05) is 35.4 Å². The number of nitrogens with zero attached hydrogens (tertiary/aromatic N) is 2. The van der Waals surface area contributed by atoms with Crippen molar-refractivity contribution in [3.63, 3.8) is 0 Å². The van der Waals surface area contributed by atoms with Gasteiger partial charge >= 0.3 is 0 Å². The van der Waals surface area contributed by atoms with Crippen molar-refractivity contribution < 1.29 is 4.79 Å². The summed E-state index contributed by atoms with van der Waals surface area (Å²) >= 11 is 7.67. The number of thioether (sulfide) groups is 1. The lowest BCUT2D eigenvalue weighted by Crippen LogP contribution is -2.49. The molecule has 0 atom stereocenters. The summed E-state index contributed by atoms with van der Waals surface area (Å²) < 4.78 is 0. The third-order valence-corrected chi connectivity index (χ3v) is 5.42. The van der Waals surface area contributed by atoms with Crippen LogP contribution in [0.5, 0.6) is 0 Å². The number of carbonyl (C=O) groups excluding carboxylic acids is 1. The van der Waals surface area contributed by atoms with Gasteiger partial charge < -0.3 is 9.80 Å². The second-order valence-electron chi connectivity index (χ2n) is 5.95. The fourth-order valence-electron chi connectivity index (χ4n) is 2.76. The maximum absolute atomic E-state index is 12.4. The fraction of sp³-hybridized carbons (Fsp3) is 0.316. The first kappa shape index (κ1) is 17.2. The van der Waals surface area contributed by atoms with Crippen molar-refractivity contribution >= 4 is 35.0 Å². The normalized spacial score (nSPS) is 14.8. The highest BCUT2D eigenvalue weighted by atomic mass is 35.5. The molecule has 126 valence electrons. The van der Waals surface area contributed by atoms with E-state index in [0.29, 0.717) is 5.75 Å². The number of halogens is 1. The highest BCUT2D eigenvalue weighted by Gasteiger charge is 2.21. The highest BCUT2D eigenvalue weighted by Crippen LogP contribution is 2.22. The molecule has 2 aromatic rings. The molecule has 0 aromatic heterocycles. The zero-order chi connectivity index (χ0) is 16.9. The molecule has 0 unspecified atom stereocenters. The Morgan fingerprint density at radius 1 is 1.08 bits per heavy atom. The van der Waals surface area contributed by atoms with Crippen LogP contribution in [0, 0.1) is 6.92 Å². The first-order chi connectivity index (χ1) is 11.6. The Kier molecular flexibility index (Phi) is 5.69. The molecule has 2 aromatic carbocycles. The second kappa shape index (κ2) is 7.95. The van der Waals surface area contributed by atoms with Crippen molar-refractivity contribution in [3.8, 4) is 0 Å². The van der Waals surface area contributed by atoms with E-state index in [1.807, 2.05) is 23.1 Å². The van der Waals surface area contributed by atoms with Crippen molar-refractivity contribution in [1.82, 2.24) is 4.90 Å². The highest BCUT2D eigenvalue weighted by molar-refractivity contribution is 8.00. The maximum atomic E-state index is 12.4. The predicted molar refractivity (Wildman–Crippen MR) is 102 cm³/mol. The van der Waals surface area contributed by atoms with Gasteiger partial charge in [0, 0.05) is 41.8 Å². The smallest absolute Gasteiger partial charge is 0.233 e. The molecule has 1 amide bonds. The van der Waals surface area contributed by atoms with Gasteiger partial charge in [-0.05, 0) is 37.3 Å². The largest absolute Gasteiger partial charge is 0.368 e. The van der Waals surface area contributed by atoms with Crippen molar-refractivity contribution in [1.29, 1.82) is 0 Å². The van der Waals surface area contributed by atoms with E-state index < -0.39 is 0 Å². The first-order valence-electron chi connectivity index (χ1n) is 8.09. The van der Waals surface area contributed by atoms with Gasteiger partial charge in [0.15, 0.2) is 0 Å². The fourth-order valence-corrected chi connectivity index (χ4v) is 3.74. The molecule has 3 nitrogen and oxygen atoms in total. The second-order valence-corrected chi connectivity index (χ2v) is 7.43. The molecule has 0 radical (unpaired) electrons. The summed E-state index contributed by atoms with van der Waals surface area (Å²) in [6.45, 7) is 5.29. The minimum atomic E-state index is 0.214. The zero-order valence-corrected chi connectivity index (χ0v) is 15.3. The number of hydrogen-bond donors (Lipinski definition) is 0. The SMILES string of the molecule is Cc1ccc(SCC(=O)N2CCN(c3cccc(Cl)c3)CC2)cc1. The van der Waals surface area contributed by atoms with Gasteiger partial charge in [0.25, 0.3) is 0 Å². The Morgan fingerprint density at radius 2 is 1.79 bits per heavy atom. The van der Waals surface area contributed by atoms with Crippen LogP contribution in [0.2, 0.25) is 5.02 Å². The summed E-state index contributed by atoms with van der Waals surface area (Å²) in [5.41, 5.74) is 2.37. The lowest BCUT2D eigenvalue weighted by Gasteiger charge is -2.36. The van der Waals surface area contributed by atoms with E-state index in [2.05, 4.69) is 42.2 Å². The van der Waals surface area contributed by atoms with Crippen LogP contribution in [0.15, 0.2) is 53.4 Å². The standard InChI is InChI=1S/C19H21ClN2OS/c1-15-5-7-18(8-6-15)24-14-19(23)22-11-9-21(10-12-22)17-4-2-3-16(20)13-17/h2-8,13H,9-12,14H2,1H3. The topological polar surface area (TPSA) is 23.6 Å². The number of anilines is 1. The number of amides is 1. The molecule has 0 N–H and O–H groups in total. The minimum Gasteiger partial charge on any atom is -0.368 e. The van der Waals surface area contributed by atoms with Crippen molar-refractivity contribution in [3.05, 3.63) is 59.1 Å². The van der Waals surface area contributed by atoms with E-state index in [-0.39, 0.29) is 5.91 Å². The van der Waals surface area contributed by atoms with Gasteiger partial charge in [0.2, 0.25) is 5.91 Å². The molecule has 1 fully saturated rings. The Morgan fingerprint density at radius 3 is 2.46 bits per heavy atom. The van der Waals surface area contributed by atoms with E-state index >= 15 is 0 Å². The maximum Gasteiger partial charge on any atom is 0.233 e. The van der Waals surface area contributed by atoms with Crippen molar-refractivity contribution in [2.24, 2.45) is 0 Å². The number of piperazine rings is 1. The molecular formula is C19H21ClN2OS. The van der Waals surface area contributed by atoms with Crippen molar-refractivity contribution in [2.45, 2.75) is 11.8 Å². The van der Waals surface area contributed by atoms with E-state index in [1.165, 1.54) is 5.56 Å². The van der Waals surface area contributed by atoms with Crippen LogP contribution >= 0.6 is 23.4 Å². The number of carbonyl (C=O) groups is 1. The van der Waals surface area contributed by atoms with Gasteiger partial charge in [0.05, 0.1) is 5.75 Å². The third kappa shape index (κ3) is 4.46. The molecule has 0 saturated carbocycles. The summed E-state index contributed by atoms with van der Waals surface area (Å²) in [7, 11) is 0. The summed E-state index contributed by atoms with van der Waals surface area (Å²) in [5.74, 6) is 0.714. The first-order valence-corrected chi connectivity index (χ1v) is 9.46. The molecule has 24 heavy (non-hydrogen) atoms. The van der Waals surface area contributed by atoms with Gasteiger partial charge in [-0.15, -0.1) is 11.8 Å². The van der Waals surface area contributed by atoms with Crippen molar-refractivity contribution in [2.75, 3.05) is 36.8 Å². The summed E-state index contributed by atoms with van der Waals surface area (Å²) in [5, 5.41) is 0.750. The quantitative estimate of drug-likeness (QED) is 0.767. The number of aryl methyl sites for hydroxylation is 1. The number of hydrogen-bond acceptors (Lipinski definition) is 3. The lowest BCUT2D eigenvalue weighted by atomic mass is 10.2. The molecule has 3 rings (SSSR count). The van der Waals surface area contributed by atoms with Crippen LogP contribution in [-0.4, -0.2) is 42.7 Å². The average Bonchev–Trinajstić information content (AvgIpc) is 2.61. The Hall–Kier alpha value is -1.65. The number of rotatable bonds is 4. The number of benzene rings is 2. The van der Waals surface area contributed by atoms with Gasteiger partial charge in [-0.2, -0.15) is 0 Å². The predicted octanol–water partition coefficient (Wildman–Crippen LogP) is 4.09. The minimum absolute atomic E-state index is 0.214. The zero-order valence-electron chi connectivity index (χ0n) is 13.7. The Labute approximate surface area is 152 Å². The molecule has 0 aliphatic carbocycles. The van der Waals surface area contributed by atoms with E-state index in [0.717, 1.165) is 41.8 Å². The summed E-state index contributed by atoms with van der Waals surface area (Å²) in [4.78, 5) is 17.8. The van der Waals surface area contributed by atoms with Crippen LogP contribution in [0.3, 0.4) is 0 Å². The van der Waals surface area contributed by atoms with E-state index in [1.54, 1.807) is 11.8 Å². The summed E-state index contributed by atoms with van der Waals surface area (Å²) in [6.07, 6.45) is 0. The average molecular weight is 361 g/mol. The van der Waals surface area contributed by atoms with E-state index in [9.17, 15) is 4.79 Å². The molecule has 1 aliphatic rings. The lowest BCUT2D eigenvalue weighted by molar-refractivity contribution is -0.128. The third-order valence-electron chi connectivity index (χ3n) is 4.19. The molecule has 1 aliphatic heterocycles. The monoisotopic (exact) mass is 360 g/mol. The van der Waals surface area contributed by atoms with Crippen LogP contribution in [0.4, 0.5) is 5.69 Å². The molecule has 1 heterocycles. The Bertz CT molecular complexity index is 697. The van der Waals surface area contributed by atoms with Gasteiger partial charge in [-0.3, -0.25) is 4.79 Å². The molecule has 0 spiro atoms. The molecular weight excluding hydrogens is 340 g/mol. The molecule has 1 saturated heterocycles. The molecule has 0 bridgehead atoms. The van der Waals surface area contributed by atoms with Crippen LogP contribution in [-0.2, 0) is 4.79 Å². The molecule has 5 heteroatoms. The van der Waals surface area contributed by atoms with Crippen LogP contribution < -0.4 is 4.90 Å². The Balaban J connectivity index is 1.49. The van der Waals surface area contributed by atoms with Crippen LogP contribution in [0.25, 0.3) is 0 Å². The van der Waals surface area contributed by atoms with Gasteiger partial charge in [0.1, 0.15) is 0 Å².